The van der Waals surface area contributed by atoms with Gasteiger partial charge in [-0.3, -0.25) is 9.59 Å². The summed E-state index contributed by atoms with van der Waals surface area (Å²) in [4.78, 5) is 31.7. The smallest absolute Gasteiger partial charge is 0.254 e. The molecule has 0 saturated carbocycles. The molecule has 38 heavy (non-hydrogen) atoms. The molecule has 200 valence electrons. The molecule has 3 heterocycles. The number of ether oxygens (including phenoxy) is 3. The lowest BCUT2D eigenvalue weighted by Gasteiger charge is -2.37. The topological polar surface area (TPSA) is 68.3 Å². The van der Waals surface area contributed by atoms with Gasteiger partial charge in [0, 0.05) is 36.2 Å². The zero-order chi connectivity index (χ0) is 26.5. The van der Waals surface area contributed by atoms with E-state index in [2.05, 4.69) is 0 Å². The van der Waals surface area contributed by atoms with Gasteiger partial charge in [-0.15, -0.1) is 11.3 Å². The minimum atomic E-state index is -0.491. The number of carbonyl (C=O) groups is 2. The van der Waals surface area contributed by atoms with Gasteiger partial charge in [-0.05, 0) is 66.6 Å². The maximum Gasteiger partial charge on any atom is 0.254 e. The Morgan fingerprint density at radius 1 is 1.16 bits per heavy atom. The van der Waals surface area contributed by atoms with Crippen molar-refractivity contribution in [3.05, 3.63) is 81.8 Å². The lowest BCUT2D eigenvalue weighted by Crippen LogP contribution is -2.49. The molecule has 0 spiro atoms. The van der Waals surface area contributed by atoms with Crippen molar-refractivity contribution >= 4 is 23.2 Å². The predicted molar refractivity (Wildman–Crippen MR) is 142 cm³/mol. The van der Waals surface area contributed by atoms with E-state index in [0.29, 0.717) is 24.7 Å². The van der Waals surface area contributed by atoms with Crippen molar-refractivity contribution in [1.82, 2.24) is 9.80 Å². The number of methoxy groups -OCH3 is 1. The lowest BCUT2D eigenvalue weighted by molar-refractivity contribution is -0.135. The molecule has 2 amide bonds. The SMILES string of the molecule is COc1cccc(OC[C@@H]2c3ccsc3CCN2C(=O)CN(C[C@H]2CCCO2)C(=O)c2cccc(F)c2)c1. The quantitative estimate of drug-likeness (QED) is 0.394. The summed E-state index contributed by atoms with van der Waals surface area (Å²) in [5, 5.41) is 2.04. The lowest BCUT2D eigenvalue weighted by atomic mass is 10.00. The highest BCUT2D eigenvalue weighted by atomic mass is 32.1. The number of carbonyl (C=O) groups excluding carboxylic acids is 2. The Hall–Kier alpha value is -3.43. The first-order valence-electron chi connectivity index (χ1n) is 12.8. The van der Waals surface area contributed by atoms with Crippen LogP contribution in [-0.4, -0.2) is 67.7 Å². The summed E-state index contributed by atoms with van der Waals surface area (Å²) in [6.45, 7) is 1.60. The minimum Gasteiger partial charge on any atom is -0.497 e. The number of hydrogen-bond donors (Lipinski definition) is 0. The van der Waals surface area contributed by atoms with E-state index in [1.807, 2.05) is 35.7 Å². The third kappa shape index (κ3) is 6.00. The van der Waals surface area contributed by atoms with Gasteiger partial charge in [0.25, 0.3) is 5.91 Å². The second-order valence-corrected chi connectivity index (χ2v) is 10.5. The Balaban J connectivity index is 1.35. The molecule has 1 fully saturated rings. The maximum absolute atomic E-state index is 13.9. The van der Waals surface area contributed by atoms with E-state index in [4.69, 9.17) is 14.2 Å². The molecular formula is C29H31FN2O5S. The highest BCUT2D eigenvalue weighted by molar-refractivity contribution is 7.10. The normalized spacial score (nSPS) is 18.6. The number of rotatable bonds is 9. The second kappa shape index (κ2) is 12.0. The molecule has 2 aromatic carbocycles. The van der Waals surface area contributed by atoms with Crippen molar-refractivity contribution in [2.45, 2.75) is 31.4 Å². The van der Waals surface area contributed by atoms with E-state index in [1.165, 1.54) is 28.0 Å². The Bertz CT molecular complexity index is 1280. The first-order chi connectivity index (χ1) is 18.5. The average Bonchev–Trinajstić information content (AvgIpc) is 3.63. The van der Waals surface area contributed by atoms with Gasteiger partial charge in [0.2, 0.25) is 5.91 Å². The van der Waals surface area contributed by atoms with Crippen LogP contribution < -0.4 is 9.47 Å². The van der Waals surface area contributed by atoms with Gasteiger partial charge in [0.15, 0.2) is 0 Å². The van der Waals surface area contributed by atoms with E-state index >= 15 is 0 Å². The largest absolute Gasteiger partial charge is 0.497 e. The fraction of sp³-hybridized carbons (Fsp3) is 0.379. The second-order valence-electron chi connectivity index (χ2n) is 9.47. The Kier molecular flexibility index (Phi) is 8.24. The Morgan fingerprint density at radius 3 is 2.79 bits per heavy atom. The molecule has 9 heteroatoms. The molecule has 1 saturated heterocycles. The fourth-order valence-electron chi connectivity index (χ4n) is 5.05. The zero-order valence-electron chi connectivity index (χ0n) is 21.3. The van der Waals surface area contributed by atoms with Crippen molar-refractivity contribution in [1.29, 1.82) is 0 Å². The third-order valence-electron chi connectivity index (χ3n) is 7.00. The van der Waals surface area contributed by atoms with Crippen molar-refractivity contribution in [2.24, 2.45) is 0 Å². The summed E-state index contributed by atoms with van der Waals surface area (Å²) in [7, 11) is 1.60. The fourth-order valence-corrected chi connectivity index (χ4v) is 5.98. The van der Waals surface area contributed by atoms with Crippen LogP contribution in [0.1, 0.15) is 39.7 Å². The van der Waals surface area contributed by atoms with Gasteiger partial charge < -0.3 is 24.0 Å². The predicted octanol–water partition coefficient (Wildman–Crippen LogP) is 4.72. The van der Waals surface area contributed by atoms with Gasteiger partial charge in [0.1, 0.15) is 30.5 Å². The number of halogens is 1. The van der Waals surface area contributed by atoms with Crippen molar-refractivity contribution < 1.29 is 28.2 Å². The van der Waals surface area contributed by atoms with Crippen molar-refractivity contribution in [3.8, 4) is 11.5 Å². The summed E-state index contributed by atoms with van der Waals surface area (Å²) in [6, 6.07) is 14.7. The summed E-state index contributed by atoms with van der Waals surface area (Å²) >= 11 is 1.68. The van der Waals surface area contributed by atoms with Crippen LogP contribution >= 0.6 is 11.3 Å². The molecule has 0 bridgehead atoms. The highest BCUT2D eigenvalue weighted by Gasteiger charge is 2.34. The molecule has 0 N–H and O–H groups in total. The number of nitrogens with zero attached hydrogens (tertiary/aromatic N) is 2. The van der Waals surface area contributed by atoms with Crippen molar-refractivity contribution in [3.63, 3.8) is 0 Å². The van der Waals surface area contributed by atoms with E-state index < -0.39 is 5.82 Å². The highest BCUT2D eigenvalue weighted by Crippen LogP contribution is 2.34. The maximum atomic E-state index is 13.9. The number of amides is 2. The van der Waals surface area contributed by atoms with Crippen LogP contribution in [0.5, 0.6) is 11.5 Å². The van der Waals surface area contributed by atoms with Crippen LogP contribution in [0, 0.1) is 5.82 Å². The van der Waals surface area contributed by atoms with E-state index in [1.54, 1.807) is 29.4 Å². The van der Waals surface area contributed by atoms with Crippen molar-refractivity contribution in [2.75, 3.05) is 40.0 Å². The molecule has 0 unspecified atom stereocenters. The van der Waals surface area contributed by atoms with Crippen LogP contribution in [0.4, 0.5) is 4.39 Å². The Morgan fingerprint density at radius 2 is 2.00 bits per heavy atom. The first kappa shape index (κ1) is 26.2. The minimum absolute atomic E-state index is 0.121. The summed E-state index contributed by atoms with van der Waals surface area (Å²) in [6.07, 6.45) is 2.34. The standard InChI is InChI=1S/C29H31FN2O5S/c1-35-22-7-3-8-23(16-22)37-19-26-25-11-14-38-27(25)10-12-32(26)28(33)18-31(17-24-9-4-13-36-24)29(34)20-5-2-6-21(30)15-20/h2-3,5-8,11,14-16,24,26H,4,9-10,12-13,17-19H2,1H3/t24-,26-/m1/s1. The monoisotopic (exact) mass is 538 g/mol. The van der Waals surface area contributed by atoms with Crippen LogP contribution in [0.25, 0.3) is 0 Å². The summed E-state index contributed by atoms with van der Waals surface area (Å²) in [5.74, 6) is 0.293. The molecule has 2 aliphatic heterocycles. The molecular weight excluding hydrogens is 507 g/mol. The number of fused-ring (bicyclic) bond motifs is 1. The zero-order valence-corrected chi connectivity index (χ0v) is 22.1. The number of thiophene rings is 1. The first-order valence-corrected chi connectivity index (χ1v) is 13.7. The summed E-state index contributed by atoms with van der Waals surface area (Å²) in [5.41, 5.74) is 1.28. The third-order valence-corrected chi connectivity index (χ3v) is 7.99. The number of benzene rings is 2. The van der Waals surface area contributed by atoms with Crippen LogP contribution in [0.3, 0.4) is 0 Å². The van der Waals surface area contributed by atoms with Gasteiger partial charge in [0.05, 0.1) is 19.3 Å². The average molecular weight is 539 g/mol. The van der Waals surface area contributed by atoms with E-state index in [-0.39, 0.29) is 49.2 Å². The van der Waals surface area contributed by atoms with Gasteiger partial charge in [-0.1, -0.05) is 12.1 Å². The van der Waals surface area contributed by atoms with Crippen LogP contribution in [0.2, 0.25) is 0 Å². The van der Waals surface area contributed by atoms with Gasteiger partial charge >= 0.3 is 0 Å². The molecule has 3 aromatic rings. The molecule has 7 nitrogen and oxygen atoms in total. The van der Waals surface area contributed by atoms with E-state index in [0.717, 1.165) is 24.8 Å². The molecule has 2 atom stereocenters. The molecule has 0 aliphatic carbocycles. The van der Waals surface area contributed by atoms with E-state index in [9.17, 15) is 14.0 Å². The molecule has 1 aromatic heterocycles. The van der Waals surface area contributed by atoms with Crippen LogP contribution in [-0.2, 0) is 16.0 Å². The Labute approximate surface area is 225 Å². The molecule has 5 rings (SSSR count). The molecule has 2 aliphatic rings. The van der Waals surface area contributed by atoms with Crippen LogP contribution in [0.15, 0.2) is 60.0 Å². The number of hydrogen-bond acceptors (Lipinski definition) is 6. The molecule has 0 radical (unpaired) electrons. The van der Waals surface area contributed by atoms with Gasteiger partial charge in [-0.2, -0.15) is 0 Å². The van der Waals surface area contributed by atoms with Gasteiger partial charge in [-0.25, -0.2) is 4.39 Å². The summed E-state index contributed by atoms with van der Waals surface area (Å²) < 4.78 is 31.1.